The second-order valence-electron chi connectivity index (χ2n) is 6.54. The van der Waals surface area contributed by atoms with Crippen molar-refractivity contribution in [3.63, 3.8) is 0 Å². The van der Waals surface area contributed by atoms with Gasteiger partial charge in [0.2, 0.25) is 11.8 Å². The van der Waals surface area contributed by atoms with Crippen molar-refractivity contribution in [3.8, 4) is 0 Å². The van der Waals surface area contributed by atoms with Gasteiger partial charge in [0.05, 0.1) is 11.3 Å². The van der Waals surface area contributed by atoms with Gasteiger partial charge in [-0.05, 0) is 45.0 Å². The van der Waals surface area contributed by atoms with Crippen molar-refractivity contribution in [3.05, 3.63) is 29.8 Å². The van der Waals surface area contributed by atoms with Crippen LogP contribution >= 0.6 is 0 Å². The van der Waals surface area contributed by atoms with Crippen LogP contribution in [0.25, 0.3) is 0 Å². The summed E-state index contributed by atoms with van der Waals surface area (Å²) in [7, 11) is 0. The van der Waals surface area contributed by atoms with Crippen LogP contribution in [0.2, 0.25) is 0 Å². The van der Waals surface area contributed by atoms with E-state index in [0.29, 0.717) is 5.69 Å². The molecule has 0 bridgehead atoms. The highest BCUT2D eigenvalue weighted by atomic mass is 16.5. The first-order valence-electron chi connectivity index (χ1n) is 7.61. The molecule has 0 saturated carbocycles. The Hall–Kier alpha value is -2.70. The number of rotatable bonds is 4. The molecule has 2 rings (SSSR count). The van der Waals surface area contributed by atoms with Crippen molar-refractivity contribution in [1.29, 1.82) is 0 Å². The molecule has 0 aliphatic carbocycles. The van der Waals surface area contributed by atoms with Gasteiger partial charge in [-0.15, -0.1) is 0 Å². The van der Waals surface area contributed by atoms with Crippen LogP contribution < -0.4 is 10.2 Å². The Balaban J connectivity index is 1.95. The number of amides is 3. The predicted octanol–water partition coefficient (Wildman–Crippen LogP) is 1.41. The van der Waals surface area contributed by atoms with Crippen LogP contribution in [0, 0.1) is 0 Å². The average Bonchev–Trinajstić information content (AvgIpc) is 2.82. The normalized spacial score (nSPS) is 14.7. The fourth-order valence-electron chi connectivity index (χ4n) is 2.28. The van der Waals surface area contributed by atoms with Crippen molar-refractivity contribution in [2.45, 2.75) is 39.2 Å². The zero-order chi connectivity index (χ0) is 17.9. The molecule has 0 aromatic heterocycles. The zero-order valence-corrected chi connectivity index (χ0v) is 13.9. The number of nitrogens with one attached hydrogen (secondary N) is 1. The lowest BCUT2D eigenvalue weighted by molar-refractivity contribution is -0.125. The summed E-state index contributed by atoms with van der Waals surface area (Å²) in [4.78, 5) is 48.0. The Morgan fingerprint density at radius 3 is 2.12 bits per heavy atom. The van der Waals surface area contributed by atoms with Crippen molar-refractivity contribution < 1.29 is 23.9 Å². The third-order valence-corrected chi connectivity index (χ3v) is 3.26. The van der Waals surface area contributed by atoms with E-state index < -0.39 is 11.5 Å². The van der Waals surface area contributed by atoms with E-state index in [-0.39, 0.29) is 42.7 Å². The van der Waals surface area contributed by atoms with Gasteiger partial charge < -0.3 is 10.1 Å². The first-order valence-corrected chi connectivity index (χ1v) is 7.61. The molecule has 0 atom stereocenters. The molecule has 0 spiro atoms. The molecule has 0 radical (unpaired) electrons. The van der Waals surface area contributed by atoms with Crippen molar-refractivity contribution in [2.75, 3.05) is 11.5 Å². The number of benzene rings is 1. The van der Waals surface area contributed by atoms with E-state index in [1.807, 2.05) is 20.8 Å². The lowest BCUT2D eigenvalue weighted by Crippen LogP contribution is -2.42. The molecular weight excluding hydrogens is 312 g/mol. The van der Waals surface area contributed by atoms with Gasteiger partial charge in [0.15, 0.2) is 6.61 Å². The Morgan fingerprint density at radius 1 is 1.08 bits per heavy atom. The molecule has 7 heteroatoms. The van der Waals surface area contributed by atoms with Crippen LogP contribution in [0.4, 0.5) is 5.69 Å². The number of hydrogen-bond donors (Lipinski definition) is 1. The summed E-state index contributed by atoms with van der Waals surface area (Å²) in [5.41, 5.74) is 0.255. The monoisotopic (exact) mass is 332 g/mol. The molecule has 1 N–H and O–H groups in total. The van der Waals surface area contributed by atoms with Gasteiger partial charge >= 0.3 is 5.97 Å². The van der Waals surface area contributed by atoms with Crippen LogP contribution in [-0.4, -0.2) is 35.8 Å². The maximum absolute atomic E-state index is 11.9. The van der Waals surface area contributed by atoms with E-state index >= 15 is 0 Å². The molecule has 1 aromatic carbocycles. The first kappa shape index (κ1) is 17.7. The summed E-state index contributed by atoms with van der Waals surface area (Å²) in [6.45, 7) is 5.10. The quantitative estimate of drug-likeness (QED) is 0.665. The van der Waals surface area contributed by atoms with Crippen molar-refractivity contribution in [1.82, 2.24) is 5.32 Å². The van der Waals surface area contributed by atoms with Crippen LogP contribution in [0.15, 0.2) is 24.3 Å². The topological polar surface area (TPSA) is 92.8 Å². The van der Waals surface area contributed by atoms with Crippen molar-refractivity contribution in [2.24, 2.45) is 0 Å². The fraction of sp³-hybridized carbons (Fsp3) is 0.412. The number of carbonyl (C=O) groups is 4. The number of carbonyl (C=O) groups excluding carboxylic acids is 4. The number of anilines is 1. The Kier molecular flexibility index (Phi) is 5.02. The number of hydrogen-bond acceptors (Lipinski definition) is 5. The first-order chi connectivity index (χ1) is 11.2. The zero-order valence-electron chi connectivity index (χ0n) is 13.9. The second kappa shape index (κ2) is 6.82. The number of ether oxygens (including phenoxy) is 1. The summed E-state index contributed by atoms with van der Waals surface area (Å²) in [6, 6.07) is 5.93. The predicted molar refractivity (Wildman–Crippen MR) is 86.3 cm³/mol. The smallest absolute Gasteiger partial charge is 0.338 e. The summed E-state index contributed by atoms with van der Waals surface area (Å²) < 4.78 is 4.94. The van der Waals surface area contributed by atoms with Gasteiger partial charge in [0.25, 0.3) is 5.91 Å². The standard InChI is InChI=1S/C17H20N2O5/c1-17(2,3)18-13(20)10-24-16(23)11-4-6-12(7-5-11)19-14(21)8-9-15(19)22/h4-7H,8-10H2,1-3H3,(H,18,20). The lowest BCUT2D eigenvalue weighted by atomic mass is 10.1. The summed E-state index contributed by atoms with van der Waals surface area (Å²) in [5.74, 6) is -1.55. The molecular formula is C17H20N2O5. The molecule has 24 heavy (non-hydrogen) atoms. The second-order valence-corrected chi connectivity index (χ2v) is 6.54. The highest BCUT2D eigenvalue weighted by molar-refractivity contribution is 6.19. The van der Waals surface area contributed by atoms with Crippen LogP contribution in [0.1, 0.15) is 44.0 Å². The molecule has 7 nitrogen and oxygen atoms in total. The minimum atomic E-state index is -0.648. The average molecular weight is 332 g/mol. The van der Waals surface area contributed by atoms with Crippen molar-refractivity contribution >= 4 is 29.4 Å². The largest absolute Gasteiger partial charge is 0.452 e. The molecule has 1 fully saturated rings. The molecule has 128 valence electrons. The van der Waals surface area contributed by atoms with Gasteiger partial charge in [-0.25, -0.2) is 4.79 Å². The summed E-state index contributed by atoms with van der Waals surface area (Å²) >= 11 is 0. The SMILES string of the molecule is CC(C)(C)NC(=O)COC(=O)c1ccc(N2C(=O)CCC2=O)cc1. The molecule has 1 aromatic rings. The molecule has 1 heterocycles. The molecule has 1 aliphatic heterocycles. The van der Waals surface area contributed by atoms with Gasteiger partial charge in [-0.3, -0.25) is 19.3 Å². The maximum atomic E-state index is 11.9. The van der Waals surface area contributed by atoms with Gasteiger partial charge in [0, 0.05) is 18.4 Å². The third-order valence-electron chi connectivity index (χ3n) is 3.26. The van der Waals surface area contributed by atoms with E-state index in [0.717, 1.165) is 4.90 Å². The Morgan fingerprint density at radius 2 is 1.62 bits per heavy atom. The number of imide groups is 1. The minimum Gasteiger partial charge on any atom is -0.452 e. The van der Waals surface area contributed by atoms with Gasteiger partial charge in [-0.1, -0.05) is 0 Å². The fourth-order valence-corrected chi connectivity index (χ4v) is 2.28. The maximum Gasteiger partial charge on any atom is 0.338 e. The minimum absolute atomic E-state index is 0.200. The molecule has 1 aliphatic rings. The van der Waals surface area contributed by atoms with E-state index in [4.69, 9.17) is 4.74 Å². The molecule has 3 amide bonds. The van der Waals surface area contributed by atoms with Crippen LogP contribution in [-0.2, 0) is 19.1 Å². The van der Waals surface area contributed by atoms with Crippen LogP contribution in [0.5, 0.6) is 0 Å². The molecule has 0 unspecified atom stereocenters. The summed E-state index contributed by atoms with van der Waals surface area (Å²) in [6.07, 6.45) is 0.400. The Labute approximate surface area is 140 Å². The van der Waals surface area contributed by atoms with Gasteiger partial charge in [-0.2, -0.15) is 0 Å². The highest BCUT2D eigenvalue weighted by Crippen LogP contribution is 2.22. The number of nitrogens with zero attached hydrogens (tertiary/aromatic N) is 1. The Bertz CT molecular complexity index is 657. The lowest BCUT2D eigenvalue weighted by Gasteiger charge is -2.20. The van der Waals surface area contributed by atoms with Crippen LogP contribution in [0.3, 0.4) is 0 Å². The highest BCUT2D eigenvalue weighted by Gasteiger charge is 2.30. The van der Waals surface area contributed by atoms with E-state index in [1.165, 1.54) is 24.3 Å². The van der Waals surface area contributed by atoms with Gasteiger partial charge in [0.1, 0.15) is 0 Å². The van der Waals surface area contributed by atoms with E-state index in [1.54, 1.807) is 0 Å². The number of esters is 1. The third kappa shape index (κ3) is 4.41. The van der Waals surface area contributed by atoms with E-state index in [2.05, 4.69) is 5.32 Å². The summed E-state index contributed by atoms with van der Waals surface area (Å²) in [5, 5.41) is 2.68. The van der Waals surface area contributed by atoms with E-state index in [9.17, 15) is 19.2 Å². The molecule has 1 saturated heterocycles.